The van der Waals surface area contributed by atoms with Crippen molar-refractivity contribution >= 4 is 29.3 Å². The Hall–Kier alpha value is -0.710. The molecule has 2 atom stereocenters. The molecule has 0 aromatic heterocycles. The number of hydrogen-bond acceptors (Lipinski definition) is 3. The van der Waals surface area contributed by atoms with E-state index in [9.17, 15) is 9.90 Å². The first-order valence-electron chi connectivity index (χ1n) is 7.01. The Morgan fingerprint density at radius 2 is 2.10 bits per heavy atom. The van der Waals surface area contributed by atoms with E-state index in [2.05, 4.69) is 5.32 Å². The van der Waals surface area contributed by atoms with Crippen LogP contribution in [0.1, 0.15) is 32.1 Å². The normalized spacial score (nSPS) is 29.6. The first kappa shape index (κ1) is 14.2. The minimum atomic E-state index is -0.722. The molecule has 0 aliphatic heterocycles. The highest BCUT2D eigenvalue weighted by Gasteiger charge is 2.48. The van der Waals surface area contributed by atoms with E-state index in [0.29, 0.717) is 24.1 Å². The zero-order valence-electron chi connectivity index (χ0n) is 11.1. The summed E-state index contributed by atoms with van der Waals surface area (Å²) in [5.41, 5.74) is -0.722. The number of thioether (sulfide) groups is 1. The van der Waals surface area contributed by atoms with Crippen molar-refractivity contribution in [1.29, 1.82) is 0 Å². The third-order valence-corrected chi connectivity index (χ3v) is 5.85. The molecular formula is C15H18ClNO2S. The zero-order valence-corrected chi connectivity index (χ0v) is 12.7. The monoisotopic (exact) mass is 311 g/mol. The lowest BCUT2D eigenvalue weighted by atomic mass is 9.98. The Labute approximate surface area is 128 Å². The molecule has 0 amide bonds. The van der Waals surface area contributed by atoms with Crippen LogP contribution in [0.15, 0.2) is 29.2 Å². The predicted molar refractivity (Wildman–Crippen MR) is 81.5 cm³/mol. The molecule has 1 aromatic carbocycles. The second-order valence-corrected chi connectivity index (χ2v) is 7.47. The van der Waals surface area contributed by atoms with Gasteiger partial charge in [-0.25, -0.2) is 0 Å². The fraction of sp³-hybridized carbons (Fsp3) is 0.533. The van der Waals surface area contributed by atoms with Crippen LogP contribution in [0.5, 0.6) is 0 Å². The Morgan fingerprint density at radius 3 is 2.75 bits per heavy atom. The number of rotatable bonds is 5. The molecule has 0 saturated heterocycles. The maximum Gasteiger partial charge on any atom is 0.323 e. The molecule has 2 fully saturated rings. The van der Waals surface area contributed by atoms with E-state index in [1.165, 1.54) is 0 Å². The van der Waals surface area contributed by atoms with E-state index >= 15 is 0 Å². The van der Waals surface area contributed by atoms with Crippen molar-refractivity contribution in [3.8, 4) is 0 Å². The summed E-state index contributed by atoms with van der Waals surface area (Å²) < 4.78 is 0. The standard InChI is InChI=1S/C15H18ClNO2S/c16-12-3-1-2-4-13(12)20-11-7-8-15(9-11,14(18)19)17-10-5-6-10/h1-4,10-11,17H,5-9H2,(H,18,19). The van der Waals surface area contributed by atoms with Crippen LogP contribution in [0.25, 0.3) is 0 Å². The molecule has 0 heterocycles. The lowest BCUT2D eigenvalue weighted by Gasteiger charge is -2.26. The largest absolute Gasteiger partial charge is 0.480 e. The Kier molecular flexibility index (Phi) is 3.98. The van der Waals surface area contributed by atoms with Crippen molar-refractivity contribution < 1.29 is 9.90 Å². The minimum absolute atomic E-state index is 0.317. The molecule has 2 aliphatic carbocycles. The van der Waals surface area contributed by atoms with Gasteiger partial charge in [0, 0.05) is 16.2 Å². The summed E-state index contributed by atoms with van der Waals surface area (Å²) in [6.45, 7) is 0. The summed E-state index contributed by atoms with van der Waals surface area (Å²) in [4.78, 5) is 12.7. The van der Waals surface area contributed by atoms with Crippen molar-refractivity contribution in [2.75, 3.05) is 0 Å². The van der Waals surface area contributed by atoms with Crippen LogP contribution in [0.3, 0.4) is 0 Å². The maximum atomic E-state index is 11.7. The Bertz CT molecular complexity index is 520. The fourth-order valence-corrected chi connectivity index (χ4v) is 4.40. The summed E-state index contributed by atoms with van der Waals surface area (Å²) in [5, 5.41) is 14.0. The molecule has 20 heavy (non-hydrogen) atoms. The summed E-state index contributed by atoms with van der Waals surface area (Å²) >= 11 is 7.89. The summed E-state index contributed by atoms with van der Waals surface area (Å²) in [7, 11) is 0. The highest BCUT2D eigenvalue weighted by Crippen LogP contribution is 2.43. The zero-order chi connectivity index (χ0) is 14.2. The van der Waals surface area contributed by atoms with Gasteiger partial charge in [0.1, 0.15) is 5.54 Å². The average molecular weight is 312 g/mol. The van der Waals surface area contributed by atoms with Crippen LogP contribution >= 0.6 is 23.4 Å². The van der Waals surface area contributed by atoms with Crippen molar-refractivity contribution in [2.24, 2.45) is 0 Å². The van der Waals surface area contributed by atoms with Gasteiger partial charge in [0.25, 0.3) is 0 Å². The van der Waals surface area contributed by atoms with E-state index < -0.39 is 11.5 Å². The maximum absolute atomic E-state index is 11.7. The SMILES string of the molecule is O=C(O)C1(NC2CC2)CCC(Sc2ccccc2Cl)C1. The topological polar surface area (TPSA) is 49.3 Å². The van der Waals surface area contributed by atoms with E-state index in [0.717, 1.165) is 29.2 Å². The minimum Gasteiger partial charge on any atom is -0.480 e. The van der Waals surface area contributed by atoms with Gasteiger partial charge in [0.2, 0.25) is 0 Å². The first-order chi connectivity index (χ1) is 9.59. The number of nitrogens with one attached hydrogen (secondary N) is 1. The lowest BCUT2D eigenvalue weighted by molar-refractivity contribution is -0.144. The highest BCUT2D eigenvalue weighted by atomic mass is 35.5. The molecule has 1 aromatic rings. The molecule has 3 nitrogen and oxygen atoms in total. The summed E-state index contributed by atoms with van der Waals surface area (Å²) in [6.07, 6.45) is 4.52. The van der Waals surface area contributed by atoms with Crippen molar-refractivity contribution in [3.05, 3.63) is 29.3 Å². The van der Waals surface area contributed by atoms with Gasteiger partial charge in [0.05, 0.1) is 5.02 Å². The number of carboxylic acids is 1. The van der Waals surface area contributed by atoms with Gasteiger partial charge in [-0.15, -0.1) is 11.8 Å². The number of hydrogen-bond donors (Lipinski definition) is 2. The van der Waals surface area contributed by atoms with E-state index in [1.807, 2.05) is 24.3 Å². The van der Waals surface area contributed by atoms with Gasteiger partial charge in [-0.3, -0.25) is 10.1 Å². The third-order valence-electron chi connectivity index (χ3n) is 4.07. The highest BCUT2D eigenvalue weighted by molar-refractivity contribution is 8.00. The van der Waals surface area contributed by atoms with Gasteiger partial charge in [-0.2, -0.15) is 0 Å². The number of carbonyl (C=O) groups is 1. The molecule has 5 heteroatoms. The molecular weight excluding hydrogens is 294 g/mol. The van der Waals surface area contributed by atoms with Crippen LogP contribution in [-0.2, 0) is 4.79 Å². The van der Waals surface area contributed by atoms with Gasteiger partial charge in [0.15, 0.2) is 0 Å². The Morgan fingerprint density at radius 1 is 1.35 bits per heavy atom. The number of aliphatic carboxylic acids is 1. The quantitative estimate of drug-likeness (QED) is 0.873. The molecule has 108 valence electrons. The van der Waals surface area contributed by atoms with E-state index in [-0.39, 0.29) is 0 Å². The molecule has 2 aliphatic rings. The Balaban J connectivity index is 1.68. The molecule has 2 N–H and O–H groups in total. The van der Waals surface area contributed by atoms with Crippen molar-refractivity contribution in [2.45, 2.75) is 53.8 Å². The van der Waals surface area contributed by atoms with Gasteiger partial charge < -0.3 is 5.11 Å². The molecule has 2 saturated carbocycles. The third kappa shape index (κ3) is 2.97. The van der Waals surface area contributed by atoms with Gasteiger partial charge >= 0.3 is 5.97 Å². The van der Waals surface area contributed by atoms with Crippen LogP contribution in [0, 0.1) is 0 Å². The number of carboxylic acid groups (broad SMARTS) is 1. The van der Waals surface area contributed by atoms with E-state index in [1.54, 1.807) is 11.8 Å². The smallest absolute Gasteiger partial charge is 0.323 e. The molecule has 2 unspecified atom stereocenters. The second kappa shape index (κ2) is 5.58. The summed E-state index contributed by atoms with van der Waals surface area (Å²) in [5.74, 6) is -0.702. The fourth-order valence-electron chi connectivity index (χ4n) is 2.83. The van der Waals surface area contributed by atoms with Gasteiger partial charge in [-0.1, -0.05) is 23.7 Å². The van der Waals surface area contributed by atoms with Crippen molar-refractivity contribution in [3.63, 3.8) is 0 Å². The van der Waals surface area contributed by atoms with Crippen molar-refractivity contribution in [1.82, 2.24) is 5.32 Å². The second-order valence-electron chi connectivity index (χ2n) is 5.72. The lowest BCUT2D eigenvalue weighted by Crippen LogP contribution is -2.51. The predicted octanol–water partition coefficient (Wildman–Crippen LogP) is 3.56. The first-order valence-corrected chi connectivity index (χ1v) is 8.27. The van der Waals surface area contributed by atoms with Gasteiger partial charge in [-0.05, 0) is 44.2 Å². The van der Waals surface area contributed by atoms with E-state index in [4.69, 9.17) is 11.6 Å². The molecule has 0 bridgehead atoms. The molecule has 0 spiro atoms. The van der Waals surface area contributed by atoms with Crippen LogP contribution < -0.4 is 5.32 Å². The molecule has 3 rings (SSSR count). The van der Waals surface area contributed by atoms with Crippen LogP contribution in [0.4, 0.5) is 0 Å². The number of benzene rings is 1. The summed E-state index contributed by atoms with van der Waals surface area (Å²) in [6, 6.07) is 8.18. The number of halogens is 1. The van der Waals surface area contributed by atoms with Crippen LogP contribution in [0.2, 0.25) is 5.02 Å². The molecule has 0 radical (unpaired) electrons. The average Bonchev–Trinajstić information content (AvgIpc) is 3.12. The van der Waals surface area contributed by atoms with Crippen LogP contribution in [-0.4, -0.2) is 27.9 Å².